The maximum absolute atomic E-state index is 12.4. The van der Waals surface area contributed by atoms with E-state index in [-0.39, 0.29) is 11.8 Å². The third-order valence-corrected chi connectivity index (χ3v) is 3.87. The molecule has 1 aromatic heterocycles. The molecule has 1 amide bonds. The van der Waals surface area contributed by atoms with Crippen LogP contribution in [0, 0.1) is 5.92 Å². The fourth-order valence-corrected chi connectivity index (χ4v) is 2.74. The van der Waals surface area contributed by atoms with Crippen molar-refractivity contribution in [3.63, 3.8) is 0 Å². The van der Waals surface area contributed by atoms with Gasteiger partial charge in [-0.3, -0.25) is 4.79 Å². The molecule has 1 atom stereocenters. The Labute approximate surface area is 127 Å². The Morgan fingerprint density at radius 1 is 1.48 bits per heavy atom. The second kappa shape index (κ2) is 6.24. The second-order valence-electron chi connectivity index (χ2n) is 5.01. The van der Waals surface area contributed by atoms with E-state index in [1.165, 1.54) is 6.33 Å². The molecule has 0 bridgehead atoms. The zero-order chi connectivity index (χ0) is 14.7. The Bertz CT molecular complexity index is 622. The van der Waals surface area contributed by atoms with Gasteiger partial charge in [0.15, 0.2) is 0 Å². The molecule has 0 saturated carbocycles. The summed E-state index contributed by atoms with van der Waals surface area (Å²) in [5, 5.41) is 10.8. The third-order valence-electron chi connectivity index (χ3n) is 3.56. The lowest BCUT2D eigenvalue weighted by Crippen LogP contribution is -2.37. The molecule has 1 aliphatic rings. The van der Waals surface area contributed by atoms with Gasteiger partial charge in [-0.15, -0.1) is 0 Å². The van der Waals surface area contributed by atoms with Crippen molar-refractivity contribution in [3.8, 4) is 5.69 Å². The molecule has 1 unspecified atom stereocenters. The van der Waals surface area contributed by atoms with Crippen LogP contribution in [0.15, 0.2) is 30.9 Å². The van der Waals surface area contributed by atoms with Crippen molar-refractivity contribution >= 4 is 23.2 Å². The summed E-state index contributed by atoms with van der Waals surface area (Å²) in [7, 11) is 0. The summed E-state index contributed by atoms with van der Waals surface area (Å²) < 4.78 is 1.55. The fourth-order valence-electron chi connectivity index (χ4n) is 2.48. The molecule has 1 aliphatic heterocycles. The average Bonchev–Trinajstić information content (AvgIpc) is 3.02. The molecule has 2 heterocycles. The Kier molecular flexibility index (Phi) is 4.17. The van der Waals surface area contributed by atoms with Gasteiger partial charge in [0.2, 0.25) is 5.91 Å². The van der Waals surface area contributed by atoms with Gasteiger partial charge in [-0.05, 0) is 31.5 Å². The van der Waals surface area contributed by atoms with E-state index in [2.05, 4.69) is 20.7 Å². The summed E-state index contributed by atoms with van der Waals surface area (Å²) in [4.78, 5) is 16.3. The van der Waals surface area contributed by atoms with Crippen LogP contribution in [0.5, 0.6) is 0 Å². The smallest absolute Gasteiger partial charge is 0.228 e. The van der Waals surface area contributed by atoms with Crippen LogP contribution in [0.4, 0.5) is 5.69 Å². The highest BCUT2D eigenvalue weighted by Crippen LogP contribution is 2.28. The molecule has 1 fully saturated rings. The van der Waals surface area contributed by atoms with E-state index in [9.17, 15) is 4.79 Å². The Morgan fingerprint density at radius 2 is 2.38 bits per heavy atom. The lowest BCUT2D eigenvalue weighted by Gasteiger charge is -2.22. The van der Waals surface area contributed by atoms with E-state index < -0.39 is 0 Å². The normalized spacial score (nSPS) is 18.4. The van der Waals surface area contributed by atoms with Gasteiger partial charge in [0.05, 0.1) is 16.6 Å². The summed E-state index contributed by atoms with van der Waals surface area (Å²) in [5.41, 5.74) is 1.28. The molecule has 7 heteroatoms. The number of piperidine rings is 1. The quantitative estimate of drug-likeness (QED) is 0.908. The van der Waals surface area contributed by atoms with E-state index in [0.29, 0.717) is 22.9 Å². The summed E-state index contributed by atoms with van der Waals surface area (Å²) in [6, 6.07) is 5.38. The number of anilines is 1. The predicted octanol–water partition coefficient (Wildman–Crippen LogP) is 1.86. The lowest BCUT2D eigenvalue weighted by molar-refractivity contribution is -0.120. The number of hydrogen-bond donors (Lipinski definition) is 2. The second-order valence-corrected chi connectivity index (χ2v) is 5.42. The Hall–Kier alpha value is -1.92. The minimum absolute atomic E-state index is 0.00540. The van der Waals surface area contributed by atoms with Gasteiger partial charge in [-0.2, -0.15) is 5.10 Å². The number of para-hydroxylation sites is 1. The van der Waals surface area contributed by atoms with Crippen molar-refractivity contribution in [2.45, 2.75) is 12.8 Å². The Morgan fingerprint density at radius 3 is 3.10 bits per heavy atom. The van der Waals surface area contributed by atoms with Crippen LogP contribution in [0.1, 0.15) is 12.8 Å². The molecule has 0 radical (unpaired) electrons. The number of carbonyl (C=O) groups is 1. The molecular weight excluding hydrogens is 290 g/mol. The van der Waals surface area contributed by atoms with E-state index in [1.54, 1.807) is 23.1 Å². The van der Waals surface area contributed by atoms with Crippen LogP contribution >= 0.6 is 11.6 Å². The molecule has 2 N–H and O–H groups in total. The number of nitrogens with zero attached hydrogens (tertiary/aromatic N) is 3. The largest absolute Gasteiger partial charge is 0.324 e. The number of rotatable bonds is 3. The van der Waals surface area contributed by atoms with Gasteiger partial charge in [0, 0.05) is 6.54 Å². The highest BCUT2D eigenvalue weighted by Gasteiger charge is 2.22. The summed E-state index contributed by atoms with van der Waals surface area (Å²) in [6.45, 7) is 1.69. The molecule has 6 nitrogen and oxygen atoms in total. The third kappa shape index (κ3) is 3.06. The monoisotopic (exact) mass is 305 g/mol. The highest BCUT2D eigenvalue weighted by atomic mass is 35.5. The number of amides is 1. The first kappa shape index (κ1) is 14.0. The SMILES string of the molecule is O=C(Nc1cccc(Cl)c1-n1cncn1)C1CCCNC1. The van der Waals surface area contributed by atoms with Gasteiger partial charge in [0.1, 0.15) is 18.3 Å². The van der Waals surface area contributed by atoms with Gasteiger partial charge in [0.25, 0.3) is 0 Å². The maximum atomic E-state index is 12.4. The van der Waals surface area contributed by atoms with Gasteiger partial charge in [-0.1, -0.05) is 17.7 Å². The molecule has 0 spiro atoms. The Balaban J connectivity index is 1.85. The van der Waals surface area contributed by atoms with Crippen molar-refractivity contribution in [2.75, 3.05) is 18.4 Å². The molecule has 110 valence electrons. The fraction of sp³-hybridized carbons (Fsp3) is 0.357. The number of benzene rings is 1. The summed E-state index contributed by atoms with van der Waals surface area (Å²) in [5.74, 6) is -0.00726. The topological polar surface area (TPSA) is 71.8 Å². The van der Waals surface area contributed by atoms with Crippen LogP contribution in [-0.2, 0) is 4.79 Å². The van der Waals surface area contributed by atoms with E-state index in [4.69, 9.17) is 11.6 Å². The van der Waals surface area contributed by atoms with Crippen molar-refractivity contribution in [3.05, 3.63) is 35.9 Å². The molecule has 1 aromatic carbocycles. The van der Waals surface area contributed by atoms with Gasteiger partial charge >= 0.3 is 0 Å². The zero-order valence-corrected chi connectivity index (χ0v) is 12.2. The molecule has 3 rings (SSSR count). The number of halogens is 1. The highest BCUT2D eigenvalue weighted by molar-refractivity contribution is 6.33. The molecule has 0 aliphatic carbocycles. The molecule has 1 saturated heterocycles. The van der Waals surface area contributed by atoms with Crippen LogP contribution in [-0.4, -0.2) is 33.8 Å². The van der Waals surface area contributed by atoms with Crippen LogP contribution in [0.3, 0.4) is 0 Å². The van der Waals surface area contributed by atoms with Crippen molar-refractivity contribution in [1.29, 1.82) is 0 Å². The molecule has 21 heavy (non-hydrogen) atoms. The van der Waals surface area contributed by atoms with Crippen molar-refractivity contribution in [2.24, 2.45) is 5.92 Å². The van der Waals surface area contributed by atoms with E-state index in [0.717, 1.165) is 19.4 Å². The van der Waals surface area contributed by atoms with Crippen molar-refractivity contribution < 1.29 is 4.79 Å². The zero-order valence-electron chi connectivity index (χ0n) is 11.4. The summed E-state index contributed by atoms with van der Waals surface area (Å²) in [6.07, 6.45) is 4.90. The van der Waals surface area contributed by atoms with Crippen LogP contribution < -0.4 is 10.6 Å². The molecular formula is C14H16ClN5O. The van der Waals surface area contributed by atoms with Crippen LogP contribution in [0.2, 0.25) is 5.02 Å². The van der Waals surface area contributed by atoms with Crippen LogP contribution in [0.25, 0.3) is 5.69 Å². The number of hydrogen-bond acceptors (Lipinski definition) is 4. The van der Waals surface area contributed by atoms with E-state index in [1.807, 2.05) is 6.07 Å². The first-order valence-corrected chi connectivity index (χ1v) is 7.28. The van der Waals surface area contributed by atoms with E-state index >= 15 is 0 Å². The minimum atomic E-state index is -0.0127. The van der Waals surface area contributed by atoms with Gasteiger partial charge < -0.3 is 10.6 Å². The van der Waals surface area contributed by atoms with Crippen molar-refractivity contribution in [1.82, 2.24) is 20.1 Å². The predicted molar refractivity (Wildman–Crippen MR) is 80.6 cm³/mol. The minimum Gasteiger partial charge on any atom is -0.324 e. The first-order chi connectivity index (χ1) is 10.3. The first-order valence-electron chi connectivity index (χ1n) is 6.91. The maximum Gasteiger partial charge on any atom is 0.228 e. The molecule has 2 aromatic rings. The number of carbonyl (C=O) groups excluding carboxylic acids is 1. The average molecular weight is 306 g/mol. The van der Waals surface area contributed by atoms with Gasteiger partial charge in [-0.25, -0.2) is 9.67 Å². The summed E-state index contributed by atoms with van der Waals surface area (Å²) >= 11 is 6.24. The number of nitrogens with one attached hydrogen (secondary N) is 2. The number of aromatic nitrogens is 3. The lowest BCUT2D eigenvalue weighted by atomic mass is 9.99. The standard InChI is InChI=1S/C14H16ClN5O/c15-11-4-1-5-12(13(11)20-9-17-8-18-20)19-14(21)10-3-2-6-16-7-10/h1,4-5,8-10,16H,2-3,6-7H2,(H,19,21).